The molecule has 7 aromatic rings. The van der Waals surface area contributed by atoms with Crippen LogP contribution in [0.3, 0.4) is 0 Å². The normalized spacial score (nSPS) is 11.7. The molecule has 12 nitrogen and oxygen atoms in total. The van der Waals surface area contributed by atoms with E-state index in [-0.39, 0.29) is 35.7 Å². The first kappa shape index (κ1) is 37.6. The minimum atomic E-state index is -4.09. The molecule has 280 valence electrons. The van der Waals surface area contributed by atoms with Gasteiger partial charge in [-0.25, -0.2) is 18.2 Å². The summed E-state index contributed by atoms with van der Waals surface area (Å²) in [7, 11) is 0.430. The maximum absolute atomic E-state index is 14.2. The van der Waals surface area contributed by atoms with Crippen molar-refractivity contribution in [3.63, 3.8) is 0 Å². The van der Waals surface area contributed by atoms with E-state index in [2.05, 4.69) is 4.98 Å². The van der Waals surface area contributed by atoms with Gasteiger partial charge in [-0.15, -0.1) is 0 Å². The van der Waals surface area contributed by atoms with Crippen molar-refractivity contribution in [2.24, 2.45) is 7.05 Å². The summed E-state index contributed by atoms with van der Waals surface area (Å²) in [5, 5.41) is 0.892. The van der Waals surface area contributed by atoms with Crippen molar-refractivity contribution >= 4 is 44.4 Å². The van der Waals surface area contributed by atoms with Crippen LogP contribution in [0.15, 0.2) is 130 Å². The molecule has 55 heavy (non-hydrogen) atoms. The second kappa shape index (κ2) is 15.6. The molecule has 0 aliphatic carbocycles. The Balaban J connectivity index is 1.28. The maximum atomic E-state index is 14.2. The van der Waals surface area contributed by atoms with E-state index in [1.165, 1.54) is 28.2 Å². The van der Waals surface area contributed by atoms with Gasteiger partial charge < -0.3 is 9.47 Å². The van der Waals surface area contributed by atoms with Crippen molar-refractivity contribution in [2.45, 2.75) is 24.5 Å². The zero-order chi connectivity index (χ0) is 38.9. The minimum Gasteiger partial charge on any atom is -0.497 e. The van der Waals surface area contributed by atoms with Crippen LogP contribution in [0.5, 0.6) is 11.5 Å². The number of ether oxygens (including phenoxy) is 2. The Hall–Kier alpha value is -5.73. The Kier molecular flexibility index (Phi) is 10.6. The standard InChI is InChI=1S/C40H34Cl2N6O6S/c1-45-39(49)36-38(44-37(34-6-4-5-7-35(34)42)48(36)30-15-12-28(41)13-16-30)47(40(45)50)25-29-14-21-33(22-43-29)55(51,52)46(23-26-8-17-31(53-2)18-9-26)24-27-10-19-32(54-3)20-11-27/h4-22H,23-25H2,1-3H3. The number of rotatable bonds is 12. The first-order valence-corrected chi connectivity index (χ1v) is 19.1. The van der Waals surface area contributed by atoms with E-state index in [1.807, 2.05) is 24.3 Å². The maximum Gasteiger partial charge on any atom is 0.332 e. The number of halogens is 2. The molecule has 0 aliphatic heterocycles. The second-order valence-corrected chi connectivity index (χ2v) is 15.4. The van der Waals surface area contributed by atoms with Gasteiger partial charge in [0.1, 0.15) is 22.2 Å². The van der Waals surface area contributed by atoms with Crippen LogP contribution in [-0.2, 0) is 36.7 Å². The van der Waals surface area contributed by atoms with Crippen molar-refractivity contribution in [3.05, 3.63) is 163 Å². The predicted molar refractivity (Wildman–Crippen MR) is 212 cm³/mol. The molecule has 0 unspecified atom stereocenters. The average molecular weight is 798 g/mol. The van der Waals surface area contributed by atoms with E-state index in [0.29, 0.717) is 44.3 Å². The van der Waals surface area contributed by atoms with E-state index in [1.54, 1.807) is 97.6 Å². The molecule has 0 N–H and O–H groups in total. The molecular weight excluding hydrogens is 763 g/mol. The van der Waals surface area contributed by atoms with Crippen molar-refractivity contribution in [2.75, 3.05) is 14.2 Å². The van der Waals surface area contributed by atoms with E-state index in [9.17, 15) is 18.0 Å². The Morgan fingerprint density at radius 2 is 1.36 bits per heavy atom. The molecule has 0 atom stereocenters. The van der Waals surface area contributed by atoms with Gasteiger partial charge in [-0.1, -0.05) is 59.6 Å². The number of sulfonamides is 1. The third kappa shape index (κ3) is 7.51. The molecule has 0 fully saturated rings. The Morgan fingerprint density at radius 3 is 1.91 bits per heavy atom. The van der Waals surface area contributed by atoms with Gasteiger partial charge in [-0.3, -0.25) is 23.5 Å². The van der Waals surface area contributed by atoms with Gasteiger partial charge >= 0.3 is 5.69 Å². The van der Waals surface area contributed by atoms with Crippen LogP contribution in [-0.4, -0.2) is 50.6 Å². The van der Waals surface area contributed by atoms with Gasteiger partial charge in [0.15, 0.2) is 11.2 Å². The van der Waals surface area contributed by atoms with Gasteiger partial charge in [0.05, 0.1) is 31.5 Å². The lowest BCUT2D eigenvalue weighted by Crippen LogP contribution is -2.39. The molecule has 0 bridgehead atoms. The quantitative estimate of drug-likeness (QED) is 0.133. The fourth-order valence-corrected chi connectivity index (χ4v) is 7.88. The number of benzene rings is 4. The number of pyridine rings is 1. The van der Waals surface area contributed by atoms with Crippen molar-refractivity contribution in [1.82, 2.24) is 28.0 Å². The lowest BCUT2D eigenvalue weighted by molar-refractivity contribution is 0.397. The van der Waals surface area contributed by atoms with Crippen molar-refractivity contribution < 1.29 is 17.9 Å². The molecule has 3 heterocycles. The molecule has 0 saturated heterocycles. The SMILES string of the molecule is COc1ccc(CN(Cc2ccc(OC)cc2)S(=O)(=O)c2ccc(Cn3c(=O)n(C)c(=O)c4c3nc(-c3ccccc3Cl)n4-c3ccc(Cl)cc3)nc2)cc1. The lowest BCUT2D eigenvalue weighted by Gasteiger charge is -2.23. The number of nitrogens with zero attached hydrogens (tertiary/aromatic N) is 6. The van der Waals surface area contributed by atoms with Gasteiger partial charge in [-0.2, -0.15) is 4.31 Å². The molecule has 4 aromatic carbocycles. The molecular formula is C40H34Cl2N6O6S. The molecule has 0 radical (unpaired) electrons. The van der Waals surface area contributed by atoms with Crippen molar-refractivity contribution in [1.29, 1.82) is 0 Å². The predicted octanol–water partition coefficient (Wildman–Crippen LogP) is 6.71. The summed E-state index contributed by atoms with van der Waals surface area (Å²) in [5.41, 5.74) is 2.02. The van der Waals surface area contributed by atoms with Crippen LogP contribution in [0.1, 0.15) is 16.8 Å². The number of imidazole rings is 1. The fraction of sp³-hybridized carbons (Fsp3) is 0.150. The number of hydrogen-bond acceptors (Lipinski definition) is 8. The summed E-state index contributed by atoms with van der Waals surface area (Å²) in [6.45, 7) is 0.0376. The van der Waals surface area contributed by atoms with E-state index >= 15 is 0 Å². The summed E-state index contributed by atoms with van der Waals surface area (Å²) >= 11 is 12.8. The van der Waals surface area contributed by atoms with Gasteiger partial charge in [0, 0.05) is 42.6 Å². The minimum absolute atomic E-state index is 0.0377. The summed E-state index contributed by atoms with van der Waals surface area (Å²) < 4.78 is 44.4. The Bertz CT molecular complexity index is 2680. The first-order chi connectivity index (χ1) is 26.5. The first-order valence-electron chi connectivity index (χ1n) is 16.9. The highest BCUT2D eigenvalue weighted by molar-refractivity contribution is 7.89. The third-order valence-corrected chi connectivity index (χ3v) is 11.5. The Labute approximate surface area is 326 Å². The van der Waals surface area contributed by atoms with Crippen LogP contribution in [0.2, 0.25) is 10.0 Å². The summed E-state index contributed by atoms with van der Waals surface area (Å²) in [4.78, 5) is 36.9. The van der Waals surface area contributed by atoms with Gasteiger partial charge in [-0.05, 0) is 83.9 Å². The molecule has 3 aromatic heterocycles. The number of hydrogen-bond donors (Lipinski definition) is 0. The van der Waals surface area contributed by atoms with E-state index < -0.39 is 21.3 Å². The number of methoxy groups -OCH3 is 2. The number of aromatic nitrogens is 5. The average Bonchev–Trinajstić information content (AvgIpc) is 3.60. The zero-order valence-corrected chi connectivity index (χ0v) is 32.2. The molecule has 0 spiro atoms. The highest BCUT2D eigenvalue weighted by Gasteiger charge is 2.27. The van der Waals surface area contributed by atoms with Gasteiger partial charge in [0.25, 0.3) is 5.56 Å². The smallest absolute Gasteiger partial charge is 0.332 e. The van der Waals surface area contributed by atoms with E-state index in [0.717, 1.165) is 15.7 Å². The molecule has 15 heteroatoms. The van der Waals surface area contributed by atoms with Crippen LogP contribution in [0.4, 0.5) is 0 Å². The molecule has 0 aliphatic rings. The summed E-state index contributed by atoms with van der Waals surface area (Å²) in [6, 6.07) is 31.3. The topological polar surface area (TPSA) is 131 Å². The van der Waals surface area contributed by atoms with Crippen LogP contribution >= 0.6 is 23.2 Å². The highest BCUT2D eigenvalue weighted by Crippen LogP contribution is 2.32. The highest BCUT2D eigenvalue weighted by atomic mass is 35.5. The third-order valence-electron chi connectivity index (χ3n) is 9.13. The summed E-state index contributed by atoms with van der Waals surface area (Å²) in [5.74, 6) is 1.64. The summed E-state index contributed by atoms with van der Waals surface area (Å²) in [6.07, 6.45) is 1.27. The van der Waals surface area contributed by atoms with Crippen LogP contribution in [0.25, 0.3) is 28.2 Å². The molecule has 7 rings (SSSR count). The largest absolute Gasteiger partial charge is 0.497 e. The zero-order valence-electron chi connectivity index (χ0n) is 29.9. The second-order valence-electron chi connectivity index (χ2n) is 12.6. The monoisotopic (exact) mass is 796 g/mol. The lowest BCUT2D eigenvalue weighted by atomic mass is 10.2. The molecule has 0 saturated carbocycles. The van der Waals surface area contributed by atoms with Crippen LogP contribution < -0.4 is 20.7 Å². The fourth-order valence-electron chi connectivity index (χ4n) is 6.18. The van der Waals surface area contributed by atoms with Crippen LogP contribution in [0, 0.1) is 0 Å². The van der Waals surface area contributed by atoms with Gasteiger partial charge in [0.2, 0.25) is 10.0 Å². The van der Waals surface area contributed by atoms with E-state index in [4.69, 9.17) is 37.7 Å². The molecule has 0 amide bonds. The Morgan fingerprint density at radius 1 is 0.764 bits per heavy atom. The number of fused-ring (bicyclic) bond motifs is 1. The van der Waals surface area contributed by atoms with Crippen molar-refractivity contribution in [3.8, 4) is 28.6 Å².